The molecule has 6 aliphatic carbocycles. The van der Waals surface area contributed by atoms with Crippen LogP contribution in [-0.2, 0) is 6.42 Å². The Morgan fingerprint density at radius 3 is 1.15 bits per heavy atom. The molecule has 2 atom stereocenters. The molecular weight excluding hydrogens is 1700 g/mol. The number of aromatic nitrogens is 19. The number of likely N-dealkylation sites (N-methyl/N-ethyl adjacent to an activating group) is 1. The summed E-state index contributed by atoms with van der Waals surface area (Å²) < 4.78 is 78.3. The molecule has 20 rings (SSSR count). The van der Waals surface area contributed by atoms with Gasteiger partial charge in [-0.25, -0.2) is 8.78 Å². The van der Waals surface area contributed by atoms with Crippen LogP contribution in [0.25, 0.3) is 0 Å². The van der Waals surface area contributed by atoms with Crippen LogP contribution in [0.2, 0.25) is 0 Å². The van der Waals surface area contributed by atoms with E-state index in [4.69, 9.17) is 45.1 Å². The third-order valence-corrected chi connectivity index (χ3v) is 27.9. The fourth-order valence-corrected chi connectivity index (χ4v) is 18.8. The Bertz CT molecular complexity index is 4530. The quantitative estimate of drug-likeness (QED) is 0.110. The smallest absolute Gasteiger partial charge is 0.324 e. The summed E-state index contributed by atoms with van der Waals surface area (Å²) in [6.45, 7) is 48.0. The lowest BCUT2D eigenvalue weighted by Gasteiger charge is -2.32. The minimum atomic E-state index is -2.61. The van der Waals surface area contributed by atoms with E-state index in [-0.39, 0.29) is 12.3 Å². The Labute approximate surface area is 785 Å². The molecule has 10 aromatic rings. The average molecular weight is 1860 g/mol. The maximum Gasteiger partial charge on any atom is 0.324 e. The van der Waals surface area contributed by atoms with Crippen LogP contribution in [0.4, 0.5) is 26.8 Å². The minimum Gasteiger partial charge on any atom is -0.425 e. The van der Waals surface area contributed by atoms with Crippen LogP contribution in [0.15, 0.2) is 51.2 Å². The van der Waals surface area contributed by atoms with Crippen molar-refractivity contribution in [2.75, 3.05) is 93.7 Å². The van der Waals surface area contributed by atoms with Gasteiger partial charge in [-0.15, -0.1) is 10.2 Å². The van der Waals surface area contributed by atoms with Crippen molar-refractivity contribution in [2.45, 2.75) is 372 Å². The molecule has 0 bridgehead atoms. The van der Waals surface area contributed by atoms with Crippen molar-refractivity contribution in [3.63, 3.8) is 0 Å². The summed E-state index contributed by atoms with van der Waals surface area (Å²) in [4.78, 5) is 44.9. The normalized spacial score (nSPS) is 24.6. The summed E-state index contributed by atoms with van der Waals surface area (Å²) in [5.74, 6) is 15.6. The van der Waals surface area contributed by atoms with E-state index in [1.165, 1.54) is 167 Å². The molecule has 10 aliphatic rings. The first-order valence-corrected chi connectivity index (χ1v) is 50.0. The second-order valence-electron chi connectivity index (χ2n) is 40.2. The maximum absolute atomic E-state index is 13.5. The molecule has 0 amide bonds. The molecule has 14 heterocycles. The predicted octanol–water partition coefficient (Wildman–Crippen LogP) is 21.8. The molecule has 133 heavy (non-hydrogen) atoms. The number of likely N-dealkylation sites (tertiary alicyclic amines) is 1. The molecule has 738 valence electrons. The van der Waals surface area contributed by atoms with Gasteiger partial charge in [-0.2, -0.15) is 39.9 Å². The topological polar surface area (TPSA) is 393 Å². The highest BCUT2D eigenvalue weighted by Gasteiger charge is 2.45. The van der Waals surface area contributed by atoms with Gasteiger partial charge in [-0.1, -0.05) is 140 Å². The lowest BCUT2D eigenvalue weighted by Crippen LogP contribution is -2.44. The van der Waals surface area contributed by atoms with Crippen LogP contribution in [0.3, 0.4) is 0 Å². The van der Waals surface area contributed by atoms with Gasteiger partial charge in [0.1, 0.15) is 5.76 Å². The largest absolute Gasteiger partial charge is 0.425 e. The van der Waals surface area contributed by atoms with Crippen LogP contribution < -0.4 is 14.7 Å². The fourth-order valence-electron chi connectivity index (χ4n) is 18.8. The van der Waals surface area contributed by atoms with Crippen LogP contribution in [-0.4, -0.2) is 191 Å². The Morgan fingerprint density at radius 1 is 0.353 bits per heavy atom. The fraction of sp³-hybridized carbons (Fsp3) is 0.784. The van der Waals surface area contributed by atoms with Crippen molar-refractivity contribution in [1.82, 2.24) is 106 Å². The van der Waals surface area contributed by atoms with Gasteiger partial charge in [-0.05, 0) is 271 Å². The number of nitrogens with zero attached hydrogens (tertiary/aromatic N) is 24. The average Bonchev–Trinajstić information content (AvgIpc) is 1.75. The highest BCUT2D eigenvalue weighted by Crippen LogP contribution is 2.46. The van der Waals surface area contributed by atoms with Crippen LogP contribution in [0.1, 0.15) is 389 Å². The molecule has 34 nitrogen and oxygen atoms in total. The number of piperidine rings is 3. The molecule has 36 heteroatoms. The zero-order chi connectivity index (χ0) is 95.0. The molecule has 4 saturated heterocycles. The Kier molecular flexibility index (Phi) is 40.8. The number of piperazine rings is 1. The van der Waals surface area contributed by atoms with E-state index < -0.39 is 11.8 Å². The Hall–Kier alpha value is -9.35. The number of rotatable bonds is 12. The lowest BCUT2D eigenvalue weighted by molar-refractivity contribution is -0.0874. The van der Waals surface area contributed by atoms with Crippen LogP contribution in [0.5, 0.6) is 0 Å². The summed E-state index contributed by atoms with van der Waals surface area (Å²) in [7, 11) is 2.12. The summed E-state index contributed by atoms with van der Waals surface area (Å²) >= 11 is 0. The van der Waals surface area contributed by atoms with Crippen LogP contribution >= 0.6 is 0 Å². The molecule has 2 unspecified atom stereocenters. The summed E-state index contributed by atoms with van der Waals surface area (Å²) in [5.41, 5.74) is 1.51. The first kappa shape index (κ1) is 104. The van der Waals surface area contributed by atoms with Crippen LogP contribution in [0, 0.1) is 110 Å². The highest BCUT2D eigenvalue weighted by atomic mass is 19.3. The zero-order valence-electron chi connectivity index (χ0n) is 83.5. The van der Waals surface area contributed by atoms with Crippen molar-refractivity contribution < 1.29 is 53.9 Å². The molecule has 0 aromatic carbocycles. The van der Waals surface area contributed by atoms with Crippen molar-refractivity contribution in [3.8, 4) is 0 Å². The Balaban J connectivity index is 0.000000142. The molecule has 6 saturated carbocycles. The van der Waals surface area contributed by atoms with Gasteiger partial charge < -0.3 is 69.6 Å². The summed E-state index contributed by atoms with van der Waals surface area (Å²) in [6.07, 6.45) is 37.5. The molecule has 10 aromatic heterocycles. The van der Waals surface area contributed by atoms with E-state index in [2.05, 4.69) is 183 Å². The SMILES string of the molecule is CCN1CCC(c2nc(C)no2)CC1.Cc1cc(C2CCC(C)CC2)on1.Cc1nc(C2CCC(C)CC2)no1.Cc1nnc(C2CCC(C)CC2)o1.Cc1noc(C2CCC(C)(C)CC2)n1.Cc1noc(C2CCC(C)C(F)(F)C2)n1.Cc1noc(CC2CCC(C)CC2)n1.Cc1noc(N2CCCCC2)n1.Cc1noc(N2CCCCC2)n1.Cc1noc(N2CCN(C)CC2)n1. The second kappa shape index (κ2) is 52.1. The number of anilines is 3. The van der Waals surface area contributed by atoms with Crippen molar-refractivity contribution in [1.29, 1.82) is 0 Å². The van der Waals surface area contributed by atoms with E-state index in [1.54, 1.807) is 13.8 Å². The number of aryl methyl sites for hydroxylation is 10. The predicted molar refractivity (Wildman–Crippen MR) is 500 cm³/mol. The third-order valence-electron chi connectivity index (χ3n) is 27.9. The van der Waals surface area contributed by atoms with Crippen molar-refractivity contribution in [2.24, 2.45) is 40.9 Å². The number of halogens is 2. The number of hydrogen-bond acceptors (Lipinski definition) is 34. The number of hydrogen-bond donors (Lipinski definition) is 0. The van der Waals surface area contributed by atoms with Gasteiger partial charge in [0, 0.05) is 127 Å². The van der Waals surface area contributed by atoms with Gasteiger partial charge in [0.15, 0.2) is 46.6 Å². The van der Waals surface area contributed by atoms with E-state index in [1.807, 2.05) is 62.3 Å². The second-order valence-corrected chi connectivity index (χ2v) is 40.2. The van der Waals surface area contributed by atoms with Gasteiger partial charge >= 0.3 is 18.0 Å². The van der Waals surface area contributed by atoms with E-state index in [0.717, 1.165) is 191 Å². The molecular formula is C97H156F2N24O10. The zero-order valence-corrected chi connectivity index (χ0v) is 83.5. The van der Waals surface area contributed by atoms with Gasteiger partial charge in [0.2, 0.25) is 41.2 Å². The molecule has 10 fully saturated rings. The minimum absolute atomic E-state index is 0.171. The van der Waals surface area contributed by atoms with Gasteiger partial charge in [0.25, 0.3) is 5.92 Å². The molecule has 4 aliphatic heterocycles. The maximum atomic E-state index is 13.5. The highest BCUT2D eigenvalue weighted by molar-refractivity contribution is 5.27. The first-order chi connectivity index (χ1) is 63.8. The van der Waals surface area contributed by atoms with E-state index in [0.29, 0.717) is 95.2 Å². The molecule has 0 radical (unpaired) electrons. The standard InChI is InChI=1S/2C11H18N2O.C11H17NO.C10H14F2N2O.C10H17N3O.2C10H16N2O.C8H14N4O.2C8H13N3O/c1-8-12-10(14-13-8)9-4-6-11(2,3)7-5-9;1-8-3-5-10(6-4-8)7-11-12-9(2)13-14-11;1-8-3-5-10(6-4-8)11-7-9(2)12-13-11;1-6-3-4-8(5-10(6,11)12)9-13-7(2)14-15-9;1-3-13-6-4-9(5-7-13)10-11-8(2)12-14-10;1-7-3-5-9(6-4-7)10-12-11-8(2)13-10;1-7-3-5-9(6-4-7)10-11-8(2)13-12-10;1-7-9-8(13-10-7)12-5-3-11(2)4-6-12;2*1-7-9-8(12-10-7)11-5-3-2-4-6-11/h9H,4-7H2,1-3H3;8,10H,3-7H2,1-2H3;7-8,10H,3-6H2,1-2H3;6,8H,3-5H2,1-2H3;9H,3-7H2,1-2H3;2*7,9H,3-6H2,1-2H3;3-6H2,1-2H3;2*2-6H2,1H3. The number of alkyl halides is 2. The van der Waals surface area contributed by atoms with Gasteiger partial charge in [0.05, 0.1) is 5.69 Å². The molecule has 0 spiro atoms. The lowest BCUT2D eigenvalue weighted by atomic mass is 9.73. The first-order valence-electron chi connectivity index (χ1n) is 50.0. The molecule has 0 N–H and O–H groups in total. The van der Waals surface area contributed by atoms with Crippen molar-refractivity contribution in [3.05, 3.63) is 105 Å². The summed E-state index contributed by atoms with van der Waals surface area (Å²) in [5, 5.41) is 42.3. The van der Waals surface area contributed by atoms with E-state index in [9.17, 15) is 8.78 Å². The van der Waals surface area contributed by atoms with Crippen molar-refractivity contribution >= 4 is 18.0 Å². The van der Waals surface area contributed by atoms with Gasteiger partial charge in [-0.3, -0.25) is 0 Å². The summed E-state index contributed by atoms with van der Waals surface area (Å²) in [6, 6.07) is 4.12. The Morgan fingerprint density at radius 2 is 0.759 bits per heavy atom. The monoisotopic (exact) mass is 1860 g/mol. The third kappa shape index (κ3) is 34.8. The van der Waals surface area contributed by atoms with E-state index >= 15 is 0 Å².